The van der Waals surface area contributed by atoms with E-state index in [-0.39, 0.29) is 6.42 Å². The molecule has 7 heteroatoms. The molecule has 0 aromatic heterocycles. The van der Waals surface area contributed by atoms with E-state index in [4.69, 9.17) is 23.1 Å². The number of halogens is 2. The molecule has 0 fully saturated rings. The van der Waals surface area contributed by atoms with Crippen molar-refractivity contribution in [1.82, 2.24) is 5.32 Å². The Bertz CT molecular complexity index is 542. The van der Waals surface area contributed by atoms with Gasteiger partial charge in [-0.1, -0.05) is 27.5 Å². The first-order chi connectivity index (χ1) is 8.93. The third kappa shape index (κ3) is 4.81. The number of carboxylic acid groups (broad SMARTS) is 1. The highest BCUT2D eigenvalue weighted by Crippen LogP contribution is 2.25. The Morgan fingerprint density at radius 2 is 2.21 bits per heavy atom. The number of benzene rings is 1. The van der Waals surface area contributed by atoms with Crippen LogP contribution in [0, 0.1) is 12.3 Å². The number of carboxylic acids is 1. The van der Waals surface area contributed by atoms with E-state index in [1.54, 1.807) is 18.2 Å². The second kappa shape index (κ2) is 7.02. The summed E-state index contributed by atoms with van der Waals surface area (Å²) in [4.78, 5) is 22.5. The van der Waals surface area contributed by atoms with Crippen LogP contribution in [-0.2, 0) is 4.79 Å². The fourth-order valence-electron chi connectivity index (χ4n) is 1.23. The molecule has 1 unspecified atom stereocenters. The van der Waals surface area contributed by atoms with Crippen molar-refractivity contribution in [2.45, 2.75) is 12.5 Å². The summed E-state index contributed by atoms with van der Waals surface area (Å²) in [6.07, 6.45) is 4.92. The van der Waals surface area contributed by atoms with Crippen LogP contribution >= 0.6 is 27.5 Å². The van der Waals surface area contributed by atoms with Crippen LogP contribution in [0.25, 0.3) is 0 Å². The summed E-state index contributed by atoms with van der Waals surface area (Å²) in [6, 6.07) is 3.07. The molecule has 0 aliphatic carbocycles. The minimum atomic E-state index is -1.20. The van der Waals surface area contributed by atoms with Crippen molar-refractivity contribution in [3.8, 4) is 12.3 Å². The number of hydrogen-bond acceptors (Lipinski definition) is 2. The first-order valence-electron chi connectivity index (χ1n) is 5.13. The second-order valence-electron chi connectivity index (χ2n) is 3.52. The third-order valence-electron chi connectivity index (χ3n) is 2.10. The van der Waals surface area contributed by atoms with Gasteiger partial charge in [0.1, 0.15) is 6.04 Å². The number of rotatable bonds is 4. The van der Waals surface area contributed by atoms with Crippen LogP contribution in [-0.4, -0.2) is 23.1 Å². The summed E-state index contributed by atoms with van der Waals surface area (Å²) in [6.45, 7) is 0. The summed E-state index contributed by atoms with van der Waals surface area (Å²) < 4.78 is 0.727. The average Bonchev–Trinajstić information content (AvgIpc) is 2.33. The number of urea groups is 1. The van der Waals surface area contributed by atoms with E-state index in [0.29, 0.717) is 10.7 Å². The van der Waals surface area contributed by atoms with Gasteiger partial charge in [-0.05, 0) is 18.2 Å². The largest absolute Gasteiger partial charge is 0.480 e. The fourth-order valence-corrected chi connectivity index (χ4v) is 1.75. The molecular weight excluding hydrogens is 336 g/mol. The van der Waals surface area contributed by atoms with Gasteiger partial charge in [0.05, 0.1) is 10.7 Å². The van der Waals surface area contributed by atoms with Gasteiger partial charge in [-0.15, -0.1) is 12.3 Å². The molecule has 0 bridgehead atoms. The van der Waals surface area contributed by atoms with Crippen LogP contribution in [0.1, 0.15) is 6.42 Å². The van der Waals surface area contributed by atoms with E-state index >= 15 is 0 Å². The number of anilines is 1. The molecule has 0 radical (unpaired) electrons. The molecule has 0 heterocycles. The van der Waals surface area contributed by atoms with Gasteiger partial charge in [0.15, 0.2) is 0 Å². The number of terminal acetylenes is 1. The number of carbonyl (C=O) groups excluding carboxylic acids is 1. The minimum Gasteiger partial charge on any atom is -0.480 e. The van der Waals surface area contributed by atoms with Gasteiger partial charge < -0.3 is 15.7 Å². The van der Waals surface area contributed by atoms with Gasteiger partial charge in [0, 0.05) is 10.9 Å². The van der Waals surface area contributed by atoms with Crippen molar-refractivity contribution in [2.24, 2.45) is 0 Å². The van der Waals surface area contributed by atoms with E-state index in [1.165, 1.54) is 0 Å². The summed E-state index contributed by atoms with van der Waals surface area (Å²) in [5, 5.41) is 13.9. The number of carbonyl (C=O) groups is 2. The Kier molecular flexibility index (Phi) is 5.67. The van der Waals surface area contributed by atoms with E-state index in [2.05, 4.69) is 32.5 Å². The van der Waals surface area contributed by atoms with E-state index < -0.39 is 18.0 Å². The number of hydrogen-bond donors (Lipinski definition) is 3. The van der Waals surface area contributed by atoms with Crippen molar-refractivity contribution < 1.29 is 14.7 Å². The molecule has 3 N–H and O–H groups in total. The molecule has 19 heavy (non-hydrogen) atoms. The zero-order valence-electron chi connectivity index (χ0n) is 9.61. The molecular formula is C12H10BrClN2O3. The van der Waals surface area contributed by atoms with Crippen molar-refractivity contribution >= 4 is 45.2 Å². The van der Waals surface area contributed by atoms with Gasteiger partial charge in [-0.25, -0.2) is 9.59 Å². The van der Waals surface area contributed by atoms with Crippen LogP contribution in [0.2, 0.25) is 5.02 Å². The van der Waals surface area contributed by atoms with Gasteiger partial charge in [-0.3, -0.25) is 0 Å². The topological polar surface area (TPSA) is 78.4 Å². The van der Waals surface area contributed by atoms with Gasteiger partial charge in [-0.2, -0.15) is 0 Å². The molecule has 1 atom stereocenters. The van der Waals surface area contributed by atoms with E-state index in [1.807, 2.05) is 0 Å². The third-order valence-corrected chi connectivity index (χ3v) is 2.92. The molecule has 2 amide bonds. The maximum absolute atomic E-state index is 11.6. The average molecular weight is 346 g/mol. The van der Waals surface area contributed by atoms with E-state index in [9.17, 15) is 9.59 Å². The lowest BCUT2D eigenvalue weighted by Gasteiger charge is -2.13. The lowest BCUT2D eigenvalue weighted by molar-refractivity contribution is -0.139. The highest BCUT2D eigenvalue weighted by molar-refractivity contribution is 9.10. The minimum absolute atomic E-state index is 0.102. The van der Waals surface area contributed by atoms with Crippen molar-refractivity contribution in [1.29, 1.82) is 0 Å². The van der Waals surface area contributed by atoms with E-state index in [0.717, 1.165) is 4.47 Å². The monoisotopic (exact) mass is 344 g/mol. The number of aliphatic carboxylic acids is 1. The quantitative estimate of drug-likeness (QED) is 0.734. The molecule has 0 spiro atoms. The predicted octanol–water partition coefficient (Wildman–Crippen LogP) is 2.70. The molecule has 0 aliphatic rings. The molecule has 0 aliphatic heterocycles. The van der Waals surface area contributed by atoms with Crippen LogP contribution in [0.4, 0.5) is 10.5 Å². The predicted molar refractivity (Wildman–Crippen MR) is 76.2 cm³/mol. The number of amides is 2. The van der Waals surface area contributed by atoms with Crippen molar-refractivity contribution in [3.05, 3.63) is 27.7 Å². The smallest absolute Gasteiger partial charge is 0.327 e. The van der Waals surface area contributed by atoms with Gasteiger partial charge in [0.25, 0.3) is 0 Å². The van der Waals surface area contributed by atoms with Gasteiger partial charge >= 0.3 is 12.0 Å². The summed E-state index contributed by atoms with van der Waals surface area (Å²) in [5.74, 6) is 0.981. The maximum atomic E-state index is 11.6. The maximum Gasteiger partial charge on any atom is 0.327 e. The molecule has 1 aromatic rings. The highest BCUT2D eigenvalue weighted by Gasteiger charge is 2.19. The summed E-state index contributed by atoms with van der Waals surface area (Å²) in [7, 11) is 0. The van der Waals surface area contributed by atoms with Gasteiger partial charge in [0.2, 0.25) is 0 Å². The van der Waals surface area contributed by atoms with Crippen LogP contribution < -0.4 is 10.6 Å². The Balaban J connectivity index is 2.72. The van der Waals surface area contributed by atoms with Crippen molar-refractivity contribution in [3.63, 3.8) is 0 Å². The Hall–Kier alpha value is -1.71. The fraction of sp³-hybridized carbons (Fsp3) is 0.167. The first-order valence-corrected chi connectivity index (χ1v) is 6.30. The zero-order chi connectivity index (χ0) is 14.4. The lowest BCUT2D eigenvalue weighted by atomic mass is 10.2. The van der Waals surface area contributed by atoms with Crippen LogP contribution in [0.5, 0.6) is 0 Å². The van der Waals surface area contributed by atoms with Crippen LogP contribution in [0.3, 0.4) is 0 Å². The molecule has 1 rings (SSSR count). The summed E-state index contributed by atoms with van der Waals surface area (Å²) in [5.41, 5.74) is 0.360. The SMILES string of the molecule is C#CCC(NC(=O)Nc1cc(Br)ccc1Cl)C(=O)O. The lowest BCUT2D eigenvalue weighted by Crippen LogP contribution is -2.42. The van der Waals surface area contributed by atoms with Crippen LogP contribution in [0.15, 0.2) is 22.7 Å². The first kappa shape index (κ1) is 15.3. The normalized spacial score (nSPS) is 11.2. The van der Waals surface area contributed by atoms with Crippen molar-refractivity contribution in [2.75, 3.05) is 5.32 Å². The Morgan fingerprint density at radius 1 is 1.53 bits per heavy atom. The second-order valence-corrected chi connectivity index (χ2v) is 4.84. The molecule has 1 aromatic carbocycles. The molecule has 0 saturated carbocycles. The Labute approximate surface area is 123 Å². The number of nitrogens with one attached hydrogen (secondary N) is 2. The molecule has 5 nitrogen and oxygen atoms in total. The Morgan fingerprint density at radius 3 is 2.79 bits per heavy atom. The molecule has 0 saturated heterocycles. The molecule has 100 valence electrons. The zero-order valence-corrected chi connectivity index (χ0v) is 12.0. The standard InChI is InChI=1S/C12H10BrClN2O3/c1-2-3-9(11(17)18)15-12(19)16-10-6-7(13)4-5-8(10)14/h1,4-6,9H,3H2,(H,17,18)(H2,15,16,19). The summed E-state index contributed by atoms with van der Waals surface area (Å²) >= 11 is 9.12. The highest BCUT2D eigenvalue weighted by atomic mass is 79.9.